The number of carboxylic acids is 1. The molecule has 0 bridgehead atoms. The van der Waals surface area contributed by atoms with Gasteiger partial charge < -0.3 is 15.7 Å². The first kappa shape index (κ1) is 15.7. The van der Waals surface area contributed by atoms with E-state index < -0.39 is 5.97 Å². The molecule has 0 aliphatic rings. The van der Waals surface area contributed by atoms with Crippen LogP contribution in [0.3, 0.4) is 0 Å². The normalized spacial score (nSPS) is 10.7. The van der Waals surface area contributed by atoms with Gasteiger partial charge in [0.1, 0.15) is 5.82 Å². The fraction of sp³-hybridized carbons (Fsp3) is 0.188. The fourth-order valence-electron chi connectivity index (χ4n) is 1.78. The molecule has 6 nitrogen and oxygen atoms in total. The van der Waals surface area contributed by atoms with Gasteiger partial charge in [-0.05, 0) is 11.6 Å². The zero-order valence-electron chi connectivity index (χ0n) is 12.1. The summed E-state index contributed by atoms with van der Waals surface area (Å²) in [6, 6.07) is 10.2. The molecule has 1 heterocycles. The number of rotatable bonds is 8. The molecule has 1 aromatic heterocycles. The van der Waals surface area contributed by atoms with E-state index in [0.29, 0.717) is 11.5 Å². The van der Waals surface area contributed by atoms with Crippen LogP contribution in [-0.4, -0.2) is 34.1 Å². The molecule has 0 aliphatic carbocycles. The molecule has 0 saturated carbocycles. The Balaban J connectivity index is 1.68. The molecule has 2 aromatic rings. The van der Waals surface area contributed by atoms with Gasteiger partial charge in [0.25, 0.3) is 0 Å². The summed E-state index contributed by atoms with van der Waals surface area (Å²) in [7, 11) is 0. The van der Waals surface area contributed by atoms with E-state index in [1.54, 1.807) is 6.20 Å². The van der Waals surface area contributed by atoms with Gasteiger partial charge >= 0.3 is 5.97 Å². The van der Waals surface area contributed by atoms with Crippen LogP contribution in [0.4, 0.5) is 5.82 Å². The Labute approximate surface area is 128 Å². The van der Waals surface area contributed by atoms with Gasteiger partial charge in [0.2, 0.25) is 0 Å². The summed E-state index contributed by atoms with van der Waals surface area (Å²) in [5.74, 6) is -0.345. The predicted octanol–water partition coefficient (Wildman–Crippen LogP) is 1.78. The van der Waals surface area contributed by atoms with E-state index in [2.05, 4.69) is 32.7 Å². The van der Waals surface area contributed by atoms with E-state index in [1.165, 1.54) is 17.8 Å². The standard InChI is InChI=1S/C16H18N4O2/c21-16(22)7-6-14-11-20-15(12-19-14)18-9-8-17-10-13-4-2-1-3-5-13/h1-7,11-12,17H,8-10H2,(H,18,20)(H,21,22). The Morgan fingerprint density at radius 2 is 1.95 bits per heavy atom. The van der Waals surface area contributed by atoms with Gasteiger partial charge in [0.15, 0.2) is 0 Å². The number of benzene rings is 1. The highest BCUT2D eigenvalue weighted by atomic mass is 16.4. The van der Waals surface area contributed by atoms with Gasteiger partial charge in [-0.1, -0.05) is 30.3 Å². The topological polar surface area (TPSA) is 87.1 Å². The first-order valence-electron chi connectivity index (χ1n) is 6.95. The van der Waals surface area contributed by atoms with Crippen molar-refractivity contribution in [3.05, 3.63) is 60.1 Å². The molecule has 2 rings (SSSR count). The van der Waals surface area contributed by atoms with Crippen molar-refractivity contribution < 1.29 is 9.90 Å². The van der Waals surface area contributed by atoms with Crippen LogP contribution in [0.5, 0.6) is 0 Å². The van der Waals surface area contributed by atoms with E-state index >= 15 is 0 Å². The SMILES string of the molecule is O=C(O)C=Cc1cnc(NCCNCc2ccccc2)cn1. The number of anilines is 1. The van der Waals surface area contributed by atoms with Crippen molar-refractivity contribution in [3.8, 4) is 0 Å². The minimum absolute atomic E-state index is 0.509. The molecule has 0 amide bonds. The fourth-order valence-corrected chi connectivity index (χ4v) is 1.78. The van der Waals surface area contributed by atoms with Crippen molar-refractivity contribution in [2.45, 2.75) is 6.54 Å². The summed E-state index contributed by atoms with van der Waals surface area (Å²) in [6.45, 7) is 2.36. The largest absolute Gasteiger partial charge is 0.478 e. The second-order valence-electron chi connectivity index (χ2n) is 4.59. The number of carbonyl (C=O) groups is 1. The lowest BCUT2D eigenvalue weighted by Gasteiger charge is -2.07. The highest BCUT2D eigenvalue weighted by Gasteiger charge is 1.96. The van der Waals surface area contributed by atoms with E-state index in [1.807, 2.05) is 18.2 Å². The molecule has 0 saturated heterocycles. The van der Waals surface area contributed by atoms with Crippen LogP contribution in [0, 0.1) is 0 Å². The Kier molecular flexibility index (Phi) is 6.07. The molecule has 0 aliphatic heterocycles. The third-order valence-corrected chi connectivity index (χ3v) is 2.85. The van der Waals surface area contributed by atoms with Crippen LogP contribution < -0.4 is 10.6 Å². The molecule has 114 valence electrons. The van der Waals surface area contributed by atoms with Crippen LogP contribution in [-0.2, 0) is 11.3 Å². The van der Waals surface area contributed by atoms with Gasteiger partial charge in [-0.3, -0.25) is 4.98 Å². The maximum Gasteiger partial charge on any atom is 0.328 e. The van der Waals surface area contributed by atoms with Crippen LogP contribution in [0.25, 0.3) is 6.08 Å². The van der Waals surface area contributed by atoms with Gasteiger partial charge in [-0.2, -0.15) is 0 Å². The monoisotopic (exact) mass is 298 g/mol. The average Bonchev–Trinajstić information content (AvgIpc) is 2.54. The quantitative estimate of drug-likeness (QED) is 0.508. The molecule has 0 fully saturated rings. The van der Waals surface area contributed by atoms with Crippen molar-refractivity contribution in [1.29, 1.82) is 0 Å². The Morgan fingerprint density at radius 3 is 2.64 bits per heavy atom. The van der Waals surface area contributed by atoms with Gasteiger partial charge in [0.05, 0.1) is 18.1 Å². The number of aliphatic carboxylic acids is 1. The van der Waals surface area contributed by atoms with Crippen molar-refractivity contribution in [2.75, 3.05) is 18.4 Å². The maximum absolute atomic E-state index is 10.4. The van der Waals surface area contributed by atoms with Crippen LogP contribution in [0.1, 0.15) is 11.3 Å². The first-order valence-corrected chi connectivity index (χ1v) is 6.95. The maximum atomic E-state index is 10.4. The van der Waals surface area contributed by atoms with Crippen molar-refractivity contribution in [2.24, 2.45) is 0 Å². The summed E-state index contributed by atoms with van der Waals surface area (Å²) in [5.41, 5.74) is 1.76. The predicted molar refractivity (Wildman–Crippen MR) is 85.3 cm³/mol. The number of aromatic nitrogens is 2. The van der Waals surface area contributed by atoms with Crippen LogP contribution in [0.2, 0.25) is 0 Å². The van der Waals surface area contributed by atoms with E-state index in [-0.39, 0.29) is 0 Å². The molecular weight excluding hydrogens is 280 g/mol. The highest BCUT2D eigenvalue weighted by Crippen LogP contribution is 2.02. The molecule has 3 N–H and O–H groups in total. The number of carboxylic acid groups (broad SMARTS) is 1. The first-order chi connectivity index (χ1) is 10.7. The second-order valence-corrected chi connectivity index (χ2v) is 4.59. The van der Waals surface area contributed by atoms with Crippen molar-refractivity contribution in [1.82, 2.24) is 15.3 Å². The Bertz CT molecular complexity index is 612. The Morgan fingerprint density at radius 1 is 1.14 bits per heavy atom. The zero-order valence-corrected chi connectivity index (χ0v) is 12.1. The summed E-state index contributed by atoms with van der Waals surface area (Å²) in [5, 5.41) is 15.0. The van der Waals surface area contributed by atoms with E-state index in [4.69, 9.17) is 5.11 Å². The third-order valence-electron chi connectivity index (χ3n) is 2.85. The summed E-state index contributed by atoms with van der Waals surface area (Å²) in [4.78, 5) is 18.7. The second kappa shape index (κ2) is 8.53. The lowest BCUT2D eigenvalue weighted by atomic mass is 10.2. The summed E-state index contributed by atoms with van der Waals surface area (Å²) >= 11 is 0. The lowest BCUT2D eigenvalue weighted by molar-refractivity contribution is -0.131. The molecule has 0 radical (unpaired) electrons. The molecule has 22 heavy (non-hydrogen) atoms. The highest BCUT2D eigenvalue weighted by molar-refractivity contribution is 5.84. The summed E-state index contributed by atoms with van der Waals surface area (Å²) < 4.78 is 0. The third kappa shape index (κ3) is 5.72. The molecule has 0 unspecified atom stereocenters. The Hall–Kier alpha value is -2.73. The van der Waals surface area contributed by atoms with Gasteiger partial charge in [0, 0.05) is 25.7 Å². The van der Waals surface area contributed by atoms with Crippen LogP contribution in [0.15, 0.2) is 48.8 Å². The lowest BCUT2D eigenvalue weighted by Crippen LogP contribution is -2.22. The minimum atomic E-state index is -1.01. The molecule has 1 aromatic carbocycles. The van der Waals surface area contributed by atoms with Gasteiger partial charge in [-0.15, -0.1) is 0 Å². The molecular formula is C16H18N4O2. The zero-order chi connectivity index (χ0) is 15.6. The van der Waals surface area contributed by atoms with Crippen molar-refractivity contribution in [3.63, 3.8) is 0 Å². The minimum Gasteiger partial charge on any atom is -0.478 e. The van der Waals surface area contributed by atoms with E-state index in [0.717, 1.165) is 25.7 Å². The molecule has 0 atom stereocenters. The van der Waals surface area contributed by atoms with Crippen LogP contribution >= 0.6 is 0 Å². The molecule has 6 heteroatoms. The average molecular weight is 298 g/mol. The summed E-state index contributed by atoms with van der Waals surface area (Å²) in [6.07, 6.45) is 5.54. The van der Waals surface area contributed by atoms with Crippen molar-refractivity contribution >= 4 is 17.9 Å². The number of hydrogen-bond donors (Lipinski definition) is 3. The number of nitrogens with zero attached hydrogens (tertiary/aromatic N) is 2. The molecule has 0 spiro atoms. The number of hydrogen-bond acceptors (Lipinski definition) is 5. The number of nitrogens with one attached hydrogen (secondary N) is 2. The van der Waals surface area contributed by atoms with E-state index in [9.17, 15) is 4.79 Å². The smallest absolute Gasteiger partial charge is 0.328 e. The van der Waals surface area contributed by atoms with Gasteiger partial charge in [-0.25, -0.2) is 9.78 Å².